The van der Waals surface area contributed by atoms with Gasteiger partial charge in [-0.15, -0.1) is 0 Å². The number of nitrogens with one attached hydrogen (secondary N) is 2. The predicted molar refractivity (Wildman–Crippen MR) is 96.7 cm³/mol. The third kappa shape index (κ3) is 4.01. The largest absolute Gasteiger partial charge is 0.356 e. The first kappa shape index (κ1) is 18.3. The molecule has 3 aromatic rings. The molecule has 0 unspecified atom stereocenters. The van der Waals surface area contributed by atoms with Crippen molar-refractivity contribution in [2.24, 2.45) is 0 Å². The number of aromatic amines is 1. The van der Waals surface area contributed by atoms with E-state index in [1.54, 1.807) is 0 Å². The molecule has 2 N–H and O–H groups in total. The van der Waals surface area contributed by atoms with E-state index in [9.17, 15) is 24.1 Å². The van der Waals surface area contributed by atoms with Gasteiger partial charge in [0.05, 0.1) is 9.95 Å². The Kier molecular flexibility index (Phi) is 5.00. The lowest BCUT2D eigenvalue weighted by Crippen LogP contribution is -2.12. The number of carbonyl (C=O) groups excluding carboxylic acids is 2. The van der Waals surface area contributed by atoms with Gasteiger partial charge >= 0.3 is 0 Å². The fourth-order valence-electron chi connectivity index (χ4n) is 2.38. The Morgan fingerprint density at radius 3 is 2.63 bits per heavy atom. The van der Waals surface area contributed by atoms with Gasteiger partial charge < -0.3 is 10.3 Å². The summed E-state index contributed by atoms with van der Waals surface area (Å²) in [5.74, 6) is -1.66. The lowest BCUT2D eigenvalue weighted by molar-refractivity contribution is -0.384. The van der Waals surface area contributed by atoms with Crippen LogP contribution in [-0.2, 0) is 0 Å². The van der Waals surface area contributed by atoms with E-state index >= 15 is 0 Å². The molecule has 2 aromatic carbocycles. The van der Waals surface area contributed by atoms with Gasteiger partial charge in [0.1, 0.15) is 11.5 Å². The molecule has 0 aliphatic heterocycles. The molecular formula is C18H11ClFN3O4. The summed E-state index contributed by atoms with van der Waals surface area (Å²) in [6.07, 6.45) is 1.29. The smallest absolute Gasteiger partial charge is 0.272 e. The maximum Gasteiger partial charge on any atom is 0.272 e. The van der Waals surface area contributed by atoms with Crippen molar-refractivity contribution in [3.63, 3.8) is 0 Å². The number of benzene rings is 2. The van der Waals surface area contributed by atoms with Crippen LogP contribution in [0.5, 0.6) is 0 Å². The van der Waals surface area contributed by atoms with Crippen LogP contribution in [0.25, 0.3) is 0 Å². The van der Waals surface area contributed by atoms with E-state index in [4.69, 9.17) is 11.6 Å². The van der Waals surface area contributed by atoms with Crippen LogP contribution in [-0.4, -0.2) is 21.6 Å². The van der Waals surface area contributed by atoms with Crippen LogP contribution in [0.2, 0.25) is 5.02 Å². The first-order valence-corrected chi connectivity index (χ1v) is 7.97. The number of H-pyrrole nitrogens is 1. The van der Waals surface area contributed by atoms with Crippen molar-refractivity contribution in [2.45, 2.75) is 0 Å². The van der Waals surface area contributed by atoms with Gasteiger partial charge in [-0.2, -0.15) is 0 Å². The highest BCUT2D eigenvalue weighted by Crippen LogP contribution is 2.25. The van der Waals surface area contributed by atoms with E-state index in [1.807, 2.05) is 0 Å². The molecule has 1 aromatic heterocycles. The zero-order valence-electron chi connectivity index (χ0n) is 13.5. The monoisotopic (exact) mass is 387 g/mol. The van der Waals surface area contributed by atoms with Crippen molar-refractivity contribution in [2.75, 3.05) is 5.32 Å². The first-order chi connectivity index (χ1) is 12.8. The van der Waals surface area contributed by atoms with Gasteiger partial charge in [-0.05, 0) is 30.3 Å². The predicted octanol–water partition coefficient (Wildman–Crippen LogP) is 4.20. The number of rotatable bonds is 5. The van der Waals surface area contributed by atoms with Crippen LogP contribution in [0, 0.1) is 15.9 Å². The SMILES string of the molecule is O=C(Nc1cccc(F)c1)c1cc(C(=O)c2cc([N+](=O)[O-])ccc2Cl)c[nH]1. The average molecular weight is 388 g/mol. The fourth-order valence-corrected chi connectivity index (χ4v) is 2.58. The van der Waals surface area contributed by atoms with Gasteiger partial charge in [-0.3, -0.25) is 19.7 Å². The maximum atomic E-state index is 13.2. The molecule has 0 aliphatic rings. The number of amides is 1. The second kappa shape index (κ2) is 7.38. The topological polar surface area (TPSA) is 105 Å². The number of anilines is 1. The third-order valence-electron chi connectivity index (χ3n) is 3.68. The minimum absolute atomic E-state index is 0.0533. The molecule has 1 amide bonds. The number of ketones is 1. The Morgan fingerprint density at radius 1 is 1.15 bits per heavy atom. The molecule has 0 radical (unpaired) electrons. The second-order valence-electron chi connectivity index (χ2n) is 5.52. The zero-order valence-corrected chi connectivity index (χ0v) is 14.3. The Hall–Kier alpha value is -3.52. The second-order valence-corrected chi connectivity index (χ2v) is 5.92. The average Bonchev–Trinajstić information content (AvgIpc) is 3.11. The van der Waals surface area contributed by atoms with Crippen molar-refractivity contribution in [3.05, 3.63) is 92.5 Å². The molecule has 0 saturated heterocycles. The summed E-state index contributed by atoms with van der Waals surface area (Å²) in [7, 11) is 0. The summed E-state index contributed by atoms with van der Waals surface area (Å²) in [6, 6.07) is 10.2. The number of non-ortho nitro benzene ring substituents is 1. The molecule has 3 rings (SSSR count). The summed E-state index contributed by atoms with van der Waals surface area (Å²) < 4.78 is 13.2. The molecule has 0 saturated carbocycles. The molecule has 0 fully saturated rings. The molecular weight excluding hydrogens is 377 g/mol. The van der Waals surface area contributed by atoms with Gasteiger partial charge in [0.25, 0.3) is 11.6 Å². The van der Waals surface area contributed by atoms with E-state index in [2.05, 4.69) is 10.3 Å². The third-order valence-corrected chi connectivity index (χ3v) is 4.01. The van der Waals surface area contributed by atoms with E-state index < -0.39 is 22.4 Å². The molecule has 7 nitrogen and oxygen atoms in total. The summed E-state index contributed by atoms with van der Waals surface area (Å²) in [6.45, 7) is 0. The standard InChI is InChI=1S/C18H11ClFN3O4/c19-15-5-4-13(23(26)27)8-14(15)17(24)10-6-16(21-9-10)18(25)22-12-3-1-2-11(20)7-12/h1-9,21H,(H,22,25). The Morgan fingerprint density at radius 2 is 1.93 bits per heavy atom. The zero-order chi connectivity index (χ0) is 19.6. The molecule has 136 valence electrons. The van der Waals surface area contributed by atoms with E-state index in [1.165, 1.54) is 42.6 Å². The minimum Gasteiger partial charge on any atom is -0.356 e. The van der Waals surface area contributed by atoms with Crippen molar-refractivity contribution < 1.29 is 18.9 Å². The molecule has 27 heavy (non-hydrogen) atoms. The number of nitro groups is 1. The van der Waals surface area contributed by atoms with E-state index in [0.29, 0.717) is 0 Å². The van der Waals surface area contributed by atoms with Crippen molar-refractivity contribution >= 4 is 34.7 Å². The van der Waals surface area contributed by atoms with Gasteiger partial charge in [0.2, 0.25) is 0 Å². The molecule has 0 bridgehead atoms. The molecule has 0 spiro atoms. The highest BCUT2D eigenvalue weighted by Gasteiger charge is 2.20. The van der Waals surface area contributed by atoms with Crippen molar-refractivity contribution in [3.8, 4) is 0 Å². The number of nitrogens with zero attached hydrogens (tertiary/aromatic N) is 1. The normalized spacial score (nSPS) is 10.4. The molecule has 9 heteroatoms. The summed E-state index contributed by atoms with van der Waals surface area (Å²) in [5, 5.41) is 13.4. The first-order valence-electron chi connectivity index (χ1n) is 7.59. The number of aromatic nitrogens is 1. The fraction of sp³-hybridized carbons (Fsp3) is 0. The van der Waals surface area contributed by atoms with Crippen molar-refractivity contribution in [1.29, 1.82) is 0 Å². The highest BCUT2D eigenvalue weighted by atomic mass is 35.5. The maximum absolute atomic E-state index is 13.2. The number of hydrogen-bond donors (Lipinski definition) is 2. The van der Waals surface area contributed by atoms with E-state index in [-0.39, 0.29) is 33.2 Å². The van der Waals surface area contributed by atoms with Crippen molar-refractivity contribution in [1.82, 2.24) is 4.98 Å². The lowest BCUT2D eigenvalue weighted by atomic mass is 10.0. The molecule has 1 heterocycles. The van der Waals surface area contributed by atoms with E-state index in [0.717, 1.165) is 12.1 Å². The van der Waals surface area contributed by atoms with Gasteiger partial charge in [-0.25, -0.2) is 4.39 Å². The van der Waals surface area contributed by atoms with Crippen LogP contribution in [0.4, 0.5) is 15.8 Å². The molecule has 0 aliphatic carbocycles. The molecule has 0 atom stereocenters. The Balaban J connectivity index is 1.83. The van der Waals surface area contributed by atoms with Crippen LogP contribution in [0.15, 0.2) is 54.7 Å². The number of hydrogen-bond acceptors (Lipinski definition) is 4. The summed E-state index contributed by atoms with van der Waals surface area (Å²) in [5.41, 5.74) is 0.0828. The lowest BCUT2D eigenvalue weighted by Gasteiger charge is -2.03. The Bertz CT molecular complexity index is 1060. The van der Waals surface area contributed by atoms with Gasteiger partial charge in [0.15, 0.2) is 5.78 Å². The van der Waals surface area contributed by atoms with Gasteiger partial charge in [0, 0.05) is 35.1 Å². The summed E-state index contributed by atoms with van der Waals surface area (Å²) >= 11 is 5.97. The van der Waals surface area contributed by atoms with Crippen LogP contribution < -0.4 is 5.32 Å². The number of halogens is 2. The minimum atomic E-state index is -0.637. The van der Waals surface area contributed by atoms with Gasteiger partial charge in [-0.1, -0.05) is 17.7 Å². The number of nitro benzene ring substituents is 1. The number of carbonyl (C=O) groups is 2. The van der Waals surface area contributed by atoms with Crippen LogP contribution >= 0.6 is 11.6 Å². The van der Waals surface area contributed by atoms with Crippen LogP contribution in [0.3, 0.4) is 0 Å². The quantitative estimate of drug-likeness (QED) is 0.389. The Labute approximate surface area is 156 Å². The highest BCUT2D eigenvalue weighted by molar-refractivity contribution is 6.35. The van der Waals surface area contributed by atoms with Crippen LogP contribution in [0.1, 0.15) is 26.4 Å². The summed E-state index contributed by atoms with van der Waals surface area (Å²) in [4.78, 5) is 37.7.